The Kier molecular flexibility index (Phi) is 5.74. The summed E-state index contributed by atoms with van der Waals surface area (Å²) >= 11 is 0.0444. The van der Waals surface area contributed by atoms with E-state index in [1.54, 1.807) is 0 Å². The molecule has 0 bridgehead atoms. The van der Waals surface area contributed by atoms with Crippen LogP contribution in [0.5, 0.6) is 0 Å². The normalized spacial score (nSPS) is 14.8. The first-order chi connectivity index (χ1) is 5.42. The molecule has 0 aliphatic rings. The first-order valence-corrected chi connectivity index (χ1v) is 4.86. The molecule has 0 radical (unpaired) electrons. The fourth-order valence-corrected chi connectivity index (χ4v) is 1.34. The zero-order valence-corrected chi connectivity index (χ0v) is 7.84. The number of hydrogen-bond donors (Lipinski definition) is 1. The maximum absolute atomic E-state index is 11.6. The largest absolute Gasteiger partial charge is 0.441 e. The van der Waals surface area contributed by atoms with Crippen LogP contribution in [0.4, 0.5) is 13.2 Å². The highest BCUT2D eigenvalue weighted by molar-refractivity contribution is 8.00. The molecule has 2 N–H and O–H groups in total. The van der Waals surface area contributed by atoms with Gasteiger partial charge in [-0.15, -0.1) is 0 Å². The molecule has 0 saturated heterocycles. The number of alkyl halides is 3. The second-order valence-corrected chi connectivity index (χ2v) is 3.93. The highest BCUT2D eigenvalue weighted by Crippen LogP contribution is 2.30. The van der Waals surface area contributed by atoms with Crippen molar-refractivity contribution >= 4 is 11.8 Å². The third kappa shape index (κ3) is 10.1. The molecule has 1 unspecified atom stereocenters. The summed E-state index contributed by atoms with van der Waals surface area (Å²) in [5, 5.41) is 0. The molecule has 0 rings (SSSR count). The van der Waals surface area contributed by atoms with Crippen molar-refractivity contribution < 1.29 is 13.2 Å². The van der Waals surface area contributed by atoms with Gasteiger partial charge in [-0.2, -0.15) is 13.2 Å². The second-order valence-electron chi connectivity index (χ2n) is 2.77. The molecule has 74 valence electrons. The Morgan fingerprint density at radius 3 is 2.33 bits per heavy atom. The molecule has 0 aromatic carbocycles. The SMILES string of the molecule is CC(N)CCCCSC(F)(F)F. The van der Waals surface area contributed by atoms with Crippen LogP contribution in [0.15, 0.2) is 0 Å². The first kappa shape index (κ1) is 12.1. The number of unbranched alkanes of at least 4 members (excludes halogenated alkanes) is 1. The van der Waals surface area contributed by atoms with Crippen molar-refractivity contribution in [1.82, 2.24) is 0 Å². The summed E-state index contributed by atoms with van der Waals surface area (Å²) in [7, 11) is 0. The van der Waals surface area contributed by atoms with E-state index in [0.717, 1.165) is 12.8 Å². The Labute approximate surface area is 74.9 Å². The van der Waals surface area contributed by atoms with E-state index in [-0.39, 0.29) is 23.6 Å². The molecule has 1 atom stereocenters. The van der Waals surface area contributed by atoms with Crippen LogP contribution >= 0.6 is 11.8 Å². The minimum absolute atomic E-state index is 0.0444. The van der Waals surface area contributed by atoms with Gasteiger partial charge in [0.15, 0.2) is 0 Å². The Hall–Kier alpha value is 0.100. The van der Waals surface area contributed by atoms with Crippen LogP contribution in [0.3, 0.4) is 0 Å². The Bertz CT molecular complexity index is 114. The molecule has 0 fully saturated rings. The molecule has 0 aliphatic heterocycles. The van der Waals surface area contributed by atoms with E-state index in [1.165, 1.54) is 0 Å². The third-order valence-corrected chi connectivity index (χ3v) is 2.14. The number of thioether (sulfide) groups is 1. The molecular formula is C7H14F3NS. The minimum Gasteiger partial charge on any atom is -0.328 e. The highest BCUT2D eigenvalue weighted by Gasteiger charge is 2.27. The zero-order valence-electron chi connectivity index (χ0n) is 7.03. The monoisotopic (exact) mass is 201 g/mol. The Morgan fingerprint density at radius 1 is 1.33 bits per heavy atom. The number of rotatable bonds is 5. The van der Waals surface area contributed by atoms with Gasteiger partial charge < -0.3 is 5.73 Å². The van der Waals surface area contributed by atoms with Crippen molar-refractivity contribution in [2.75, 3.05) is 5.75 Å². The predicted molar refractivity (Wildman–Crippen MR) is 46.0 cm³/mol. The van der Waals surface area contributed by atoms with Crippen LogP contribution < -0.4 is 5.73 Å². The van der Waals surface area contributed by atoms with Crippen molar-refractivity contribution in [3.8, 4) is 0 Å². The molecule has 0 spiro atoms. The van der Waals surface area contributed by atoms with Gasteiger partial charge in [-0.3, -0.25) is 0 Å². The molecule has 0 saturated carbocycles. The van der Waals surface area contributed by atoms with Crippen LogP contribution in [-0.2, 0) is 0 Å². The van der Waals surface area contributed by atoms with E-state index in [0.29, 0.717) is 6.42 Å². The van der Waals surface area contributed by atoms with Gasteiger partial charge in [0.2, 0.25) is 0 Å². The summed E-state index contributed by atoms with van der Waals surface area (Å²) in [6.07, 6.45) is 2.17. The van der Waals surface area contributed by atoms with Gasteiger partial charge in [-0.25, -0.2) is 0 Å². The molecule has 12 heavy (non-hydrogen) atoms. The maximum Gasteiger partial charge on any atom is 0.441 e. The van der Waals surface area contributed by atoms with Crippen molar-refractivity contribution in [2.24, 2.45) is 5.73 Å². The van der Waals surface area contributed by atoms with Crippen molar-refractivity contribution in [1.29, 1.82) is 0 Å². The summed E-state index contributed by atoms with van der Waals surface area (Å²) in [6.45, 7) is 1.86. The lowest BCUT2D eigenvalue weighted by atomic mass is 10.2. The molecular weight excluding hydrogens is 187 g/mol. The lowest BCUT2D eigenvalue weighted by molar-refractivity contribution is -0.0328. The highest BCUT2D eigenvalue weighted by atomic mass is 32.2. The van der Waals surface area contributed by atoms with E-state index in [4.69, 9.17) is 5.73 Å². The molecule has 0 amide bonds. The van der Waals surface area contributed by atoms with Crippen molar-refractivity contribution in [3.63, 3.8) is 0 Å². The van der Waals surface area contributed by atoms with E-state index in [2.05, 4.69) is 0 Å². The molecule has 0 aliphatic carbocycles. The predicted octanol–water partition coefficient (Wildman–Crippen LogP) is 2.76. The molecule has 0 aromatic rings. The molecule has 5 heteroatoms. The van der Waals surface area contributed by atoms with E-state index < -0.39 is 5.51 Å². The molecule has 0 aromatic heterocycles. The van der Waals surface area contributed by atoms with Crippen molar-refractivity contribution in [2.45, 2.75) is 37.7 Å². The summed E-state index contributed by atoms with van der Waals surface area (Å²) in [5.41, 5.74) is 1.36. The summed E-state index contributed by atoms with van der Waals surface area (Å²) in [4.78, 5) is 0. The zero-order chi connectivity index (χ0) is 9.61. The fraction of sp³-hybridized carbons (Fsp3) is 1.00. The average molecular weight is 201 g/mol. The molecule has 1 nitrogen and oxygen atoms in total. The number of hydrogen-bond acceptors (Lipinski definition) is 2. The lowest BCUT2D eigenvalue weighted by Crippen LogP contribution is -2.14. The van der Waals surface area contributed by atoms with Gasteiger partial charge >= 0.3 is 5.51 Å². The summed E-state index contributed by atoms with van der Waals surface area (Å²) in [5.74, 6) is 0.149. The van der Waals surface area contributed by atoms with E-state index in [1.807, 2.05) is 6.92 Å². The van der Waals surface area contributed by atoms with Gasteiger partial charge in [0, 0.05) is 11.8 Å². The number of nitrogens with two attached hydrogens (primary N) is 1. The Morgan fingerprint density at radius 2 is 1.92 bits per heavy atom. The maximum atomic E-state index is 11.6. The Balaban J connectivity index is 3.12. The third-order valence-electron chi connectivity index (χ3n) is 1.32. The first-order valence-electron chi connectivity index (χ1n) is 3.88. The number of halogens is 3. The van der Waals surface area contributed by atoms with Crippen LogP contribution in [-0.4, -0.2) is 17.3 Å². The van der Waals surface area contributed by atoms with Gasteiger partial charge in [-0.1, -0.05) is 18.2 Å². The van der Waals surface area contributed by atoms with Gasteiger partial charge in [0.1, 0.15) is 0 Å². The van der Waals surface area contributed by atoms with Gasteiger partial charge in [-0.05, 0) is 19.8 Å². The van der Waals surface area contributed by atoms with E-state index >= 15 is 0 Å². The summed E-state index contributed by atoms with van der Waals surface area (Å²) < 4.78 is 34.7. The van der Waals surface area contributed by atoms with E-state index in [9.17, 15) is 13.2 Å². The van der Waals surface area contributed by atoms with Gasteiger partial charge in [0.05, 0.1) is 0 Å². The van der Waals surface area contributed by atoms with Crippen LogP contribution in [0.2, 0.25) is 0 Å². The fourth-order valence-electron chi connectivity index (χ4n) is 0.756. The van der Waals surface area contributed by atoms with Crippen molar-refractivity contribution in [3.05, 3.63) is 0 Å². The lowest BCUT2D eigenvalue weighted by Gasteiger charge is -2.06. The molecule has 0 heterocycles. The van der Waals surface area contributed by atoms with Crippen LogP contribution in [0.25, 0.3) is 0 Å². The van der Waals surface area contributed by atoms with Gasteiger partial charge in [0.25, 0.3) is 0 Å². The topological polar surface area (TPSA) is 26.0 Å². The summed E-state index contributed by atoms with van der Waals surface area (Å²) in [6, 6.07) is 0.0980. The second kappa shape index (κ2) is 5.70. The smallest absolute Gasteiger partial charge is 0.328 e. The van der Waals surface area contributed by atoms with Crippen LogP contribution in [0, 0.1) is 0 Å². The van der Waals surface area contributed by atoms with Crippen LogP contribution in [0.1, 0.15) is 26.2 Å². The standard InChI is InChI=1S/C7H14F3NS/c1-6(11)4-2-3-5-12-7(8,9)10/h6H,2-5,11H2,1H3. The quantitative estimate of drug-likeness (QED) is 0.692. The minimum atomic E-state index is -4.08. The average Bonchev–Trinajstić information content (AvgIpc) is 1.83.